The molecule has 0 bridgehead atoms. The molecule has 1 saturated heterocycles. The first-order valence-corrected chi connectivity index (χ1v) is 7.55. The number of pyridine rings is 1. The molecule has 2 N–H and O–H groups in total. The van der Waals surface area contributed by atoms with Crippen LogP contribution < -0.4 is 15.4 Å². The fraction of sp³-hybridized carbons (Fsp3) is 0.600. The molecule has 1 aliphatic rings. The Bertz CT molecular complexity index is 449. The first kappa shape index (κ1) is 15.6. The topological polar surface area (TPSA) is 66.5 Å². The van der Waals surface area contributed by atoms with Crippen molar-refractivity contribution in [2.45, 2.75) is 32.9 Å². The van der Waals surface area contributed by atoms with Crippen molar-refractivity contribution in [1.82, 2.24) is 20.5 Å². The summed E-state index contributed by atoms with van der Waals surface area (Å²) in [5, 5.41) is 5.76. The molecule has 1 atom stereocenters. The van der Waals surface area contributed by atoms with E-state index in [4.69, 9.17) is 4.74 Å². The van der Waals surface area contributed by atoms with Crippen molar-refractivity contribution in [2.24, 2.45) is 0 Å². The van der Waals surface area contributed by atoms with Crippen LogP contribution in [0, 0.1) is 0 Å². The normalized spacial score (nSPS) is 18.5. The zero-order valence-corrected chi connectivity index (χ0v) is 12.8. The van der Waals surface area contributed by atoms with Crippen molar-refractivity contribution in [3.63, 3.8) is 0 Å². The first-order valence-electron chi connectivity index (χ1n) is 7.55. The predicted octanol–water partition coefficient (Wildman–Crippen LogP) is 1.37. The van der Waals surface area contributed by atoms with Gasteiger partial charge in [0, 0.05) is 44.5 Å². The fourth-order valence-electron chi connectivity index (χ4n) is 2.49. The number of hydrogen-bond donors (Lipinski definition) is 2. The maximum absolute atomic E-state index is 11.5. The van der Waals surface area contributed by atoms with Crippen LogP contribution in [-0.2, 0) is 6.54 Å². The van der Waals surface area contributed by atoms with Crippen LogP contribution in [0.5, 0.6) is 5.88 Å². The molecule has 1 aromatic heterocycles. The maximum atomic E-state index is 11.5. The van der Waals surface area contributed by atoms with Crippen LogP contribution in [-0.4, -0.2) is 48.2 Å². The first-order chi connectivity index (χ1) is 10.2. The molecule has 0 saturated carbocycles. The summed E-state index contributed by atoms with van der Waals surface area (Å²) < 4.78 is 5.34. The lowest BCUT2D eigenvalue weighted by atomic mass is 10.2. The number of nitrogens with zero attached hydrogens (tertiary/aromatic N) is 2. The summed E-state index contributed by atoms with van der Waals surface area (Å²) in [6, 6.07) is 4.10. The average Bonchev–Trinajstić information content (AvgIpc) is 2.89. The van der Waals surface area contributed by atoms with E-state index in [2.05, 4.69) is 20.5 Å². The highest BCUT2D eigenvalue weighted by Gasteiger charge is 2.23. The second-order valence-corrected chi connectivity index (χ2v) is 5.16. The third-order valence-electron chi connectivity index (χ3n) is 3.44. The number of amides is 2. The molecule has 0 radical (unpaired) electrons. The van der Waals surface area contributed by atoms with E-state index in [0.717, 1.165) is 31.6 Å². The molecule has 2 heterocycles. The van der Waals surface area contributed by atoms with Gasteiger partial charge in [-0.15, -0.1) is 0 Å². The van der Waals surface area contributed by atoms with E-state index in [9.17, 15) is 4.79 Å². The lowest BCUT2D eigenvalue weighted by molar-refractivity contribution is 0.236. The van der Waals surface area contributed by atoms with Gasteiger partial charge in [-0.1, -0.05) is 6.07 Å². The molecule has 1 unspecified atom stereocenters. The summed E-state index contributed by atoms with van der Waals surface area (Å²) >= 11 is 0. The molecule has 2 amide bonds. The number of rotatable bonds is 6. The summed E-state index contributed by atoms with van der Waals surface area (Å²) in [6.07, 6.45) is 2.84. The second kappa shape index (κ2) is 7.83. The van der Waals surface area contributed by atoms with Gasteiger partial charge in [0.15, 0.2) is 0 Å². The van der Waals surface area contributed by atoms with Gasteiger partial charge in [-0.25, -0.2) is 9.78 Å². The van der Waals surface area contributed by atoms with Crippen molar-refractivity contribution in [2.75, 3.05) is 26.2 Å². The number of carbonyl (C=O) groups excluding carboxylic acids is 1. The molecule has 116 valence electrons. The third-order valence-corrected chi connectivity index (χ3v) is 3.44. The number of urea groups is 1. The standard InChI is InChI=1S/C15H24N4O2/c1-3-16-15(20)18-13-7-8-19(11-13)10-12-5-6-14(17-9-12)21-4-2/h5-6,9,13H,3-4,7-8,10-11H2,1-2H3,(H2,16,18,20). The molecule has 0 aromatic carbocycles. The van der Waals surface area contributed by atoms with Gasteiger partial charge in [0.25, 0.3) is 0 Å². The molecule has 2 rings (SSSR count). The summed E-state index contributed by atoms with van der Waals surface area (Å²) in [5.41, 5.74) is 1.16. The smallest absolute Gasteiger partial charge is 0.315 e. The van der Waals surface area contributed by atoms with Gasteiger partial charge < -0.3 is 15.4 Å². The average molecular weight is 292 g/mol. The van der Waals surface area contributed by atoms with E-state index >= 15 is 0 Å². The summed E-state index contributed by atoms with van der Waals surface area (Å²) in [5.74, 6) is 0.665. The van der Waals surface area contributed by atoms with Gasteiger partial charge in [0.05, 0.1) is 6.61 Å². The van der Waals surface area contributed by atoms with Gasteiger partial charge >= 0.3 is 6.03 Å². The number of aromatic nitrogens is 1. The van der Waals surface area contributed by atoms with Gasteiger partial charge in [-0.3, -0.25) is 4.90 Å². The molecule has 1 aromatic rings. The highest BCUT2D eigenvalue weighted by atomic mass is 16.5. The van der Waals surface area contributed by atoms with Gasteiger partial charge in [-0.2, -0.15) is 0 Å². The number of carbonyl (C=O) groups is 1. The molecule has 0 aliphatic carbocycles. The molecule has 6 heteroatoms. The highest BCUT2D eigenvalue weighted by molar-refractivity contribution is 5.74. The van der Waals surface area contributed by atoms with Crippen LogP contribution in [0.3, 0.4) is 0 Å². The summed E-state index contributed by atoms with van der Waals surface area (Å²) in [6.45, 7) is 7.87. The van der Waals surface area contributed by atoms with Crippen molar-refractivity contribution in [3.8, 4) is 5.88 Å². The van der Waals surface area contributed by atoms with E-state index in [-0.39, 0.29) is 12.1 Å². The van der Waals surface area contributed by atoms with Crippen LogP contribution in [0.15, 0.2) is 18.3 Å². The molecular weight excluding hydrogens is 268 g/mol. The Hall–Kier alpha value is -1.82. The molecule has 0 spiro atoms. The van der Waals surface area contributed by atoms with E-state index < -0.39 is 0 Å². The van der Waals surface area contributed by atoms with Crippen LogP contribution in [0.4, 0.5) is 4.79 Å². The fourth-order valence-corrected chi connectivity index (χ4v) is 2.49. The van der Waals surface area contributed by atoms with E-state index in [1.54, 1.807) is 0 Å². The molecule has 6 nitrogen and oxygen atoms in total. The zero-order chi connectivity index (χ0) is 15.1. The summed E-state index contributed by atoms with van der Waals surface area (Å²) in [4.78, 5) is 18.1. The Morgan fingerprint density at radius 3 is 3.00 bits per heavy atom. The van der Waals surface area contributed by atoms with Crippen molar-refractivity contribution in [3.05, 3.63) is 23.9 Å². The van der Waals surface area contributed by atoms with Crippen LogP contribution in [0.1, 0.15) is 25.8 Å². The van der Waals surface area contributed by atoms with Gasteiger partial charge in [0.1, 0.15) is 0 Å². The monoisotopic (exact) mass is 292 g/mol. The Morgan fingerprint density at radius 1 is 1.48 bits per heavy atom. The number of hydrogen-bond acceptors (Lipinski definition) is 4. The molecule has 1 fully saturated rings. The Morgan fingerprint density at radius 2 is 2.33 bits per heavy atom. The molecular formula is C15H24N4O2. The van der Waals surface area contributed by atoms with Crippen molar-refractivity contribution < 1.29 is 9.53 Å². The number of ether oxygens (including phenoxy) is 1. The van der Waals surface area contributed by atoms with E-state index in [1.807, 2.05) is 32.2 Å². The van der Waals surface area contributed by atoms with Gasteiger partial charge in [0.2, 0.25) is 5.88 Å². The Balaban J connectivity index is 1.78. The van der Waals surface area contributed by atoms with Crippen LogP contribution in [0.25, 0.3) is 0 Å². The number of likely N-dealkylation sites (tertiary alicyclic amines) is 1. The van der Waals surface area contributed by atoms with Crippen LogP contribution in [0.2, 0.25) is 0 Å². The SMILES string of the molecule is CCNC(=O)NC1CCN(Cc2ccc(OCC)nc2)C1. The Kier molecular flexibility index (Phi) is 5.80. The largest absolute Gasteiger partial charge is 0.478 e. The minimum Gasteiger partial charge on any atom is -0.478 e. The van der Waals surface area contributed by atoms with Crippen molar-refractivity contribution >= 4 is 6.03 Å². The quantitative estimate of drug-likeness (QED) is 0.831. The predicted molar refractivity (Wildman–Crippen MR) is 81.3 cm³/mol. The summed E-state index contributed by atoms with van der Waals surface area (Å²) in [7, 11) is 0. The minimum absolute atomic E-state index is 0.0768. The zero-order valence-electron chi connectivity index (χ0n) is 12.8. The molecule has 1 aliphatic heterocycles. The van der Waals surface area contributed by atoms with Crippen molar-refractivity contribution in [1.29, 1.82) is 0 Å². The van der Waals surface area contributed by atoms with E-state index in [0.29, 0.717) is 19.0 Å². The molecule has 21 heavy (non-hydrogen) atoms. The third kappa shape index (κ3) is 4.90. The lowest BCUT2D eigenvalue weighted by Crippen LogP contribution is -2.43. The highest BCUT2D eigenvalue weighted by Crippen LogP contribution is 2.14. The van der Waals surface area contributed by atoms with Gasteiger partial charge in [-0.05, 0) is 25.8 Å². The Labute approximate surface area is 125 Å². The maximum Gasteiger partial charge on any atom is 0.315 e. The van der Waals surface area contributed by atoms with E-state index in [1.165, 1.54) is 0 Å². The minimum atomic E-state index is -0.0768. The lowest BCUT2D eigenvalue weighted by Gasteiger charge is -2.17. The second-order valence-electron chi connectivity index (χ2n) is 5.16. The van der Waals surface area contributed by atoms with Crippen LogP contribution >= 0.6 is 0 Å². The number of nitrogens with one attached hydrogen (secondary N) is 2.